The van der Waals surface area contributed by atoms with Crippen molar-refractivity contribution in [2.75, 3.05) is 42.9 Å². The van der Waals surface area contributed by atoms with Gasteiger partial charge in [-0.15, -0.1) is 0 Å². The predicted molar refractivity (Wildman–Crippen MR) is 122 cm³/mol. The molecule has 0 radical (unpaired) electrons. The Labute approximate surface area is 182 Å². The highest BCUT2D eigenvalue weighted by Gasteiger charge is 2.21. The summed E-state index contributed by atoms with van der Waals surface area (Å²) in [6, 6.07) is 12.2. The lowest BCUT2D eigenvalue weighted by molar-refractivity contribution is -0.131. The Bertz CT molecular complexity index is 1130. The van der Waals surface area contributed by atoms with Crippen LogP contribution in [-0.4, -0.2) is 53.5 Å². The number of carbonyl (C=O) groups is 1. The second kappa shape index (κ2) is 9.00. The number of nitriles is 1. The van der Waals surface area contributed by atoms with Crippen LogP contribution < -0.4 is 10.2 Å². The summed E-state index contributed by atoms with van der Waals surface area (Å²) >= 11 is 0. The lowest BCUT2D eigenvalue weighted by Crippen LogP contribution is -2.49. The zero-order chi connectivity index (χ0) is 21.8. The molecule has 1 aliphatic heterocycles. The van der Waals surface area contributed by atoms with Crippen molar-refractivity contribution in [1.82, 2.24) is 14.9 Å². The number of anilines is 2. The molecule has 1 N–H and O–H groups in total. The molecular formula is C24H26N6O. The van der Waals surface area contributed by atoms with Crippen molar-refractivity contribution in [3.63, 3.8) is 0 Å². The number of nitrogens with one attached hydrogen (secondary N) is 1. The smallest absolute Gasteiger partial charge is 0.224 e. The van der Waals surface area contributed by atoms with E-state index in [0.29, 0.717) is 31.6 Å². The van der Waals surface area contributed by atoms with Gasteiger partial charge in [-0.1, -0.05) is 17.7 Å². The number of nitrogens with zero attached hydrogens (tertiary/aromatic N) is 5. The summed E-state index contributed by atoms with van der Waals surface area (Å²) in [5.74, 6) is 1.08. The van der Waals surface area contributed by atoms with E-state index in [1.54, 1.807) is 12.4 Å². The van der Waals surface area contributed by atoms with Crippen LogP contribution in [0.4, 0.5) is 11.5 Å². The van der Waals surface area contributed by atoms with Crippen LogP contribution in [0.15, 0.2) is 42.7 Å². The number of rotatable bonds is 5. The van der Waals surface area contributed by atoms with Gasteiger partial charge in [0.2, 0.25) is 5.91 Å². The molecule has 4 rings (SSSR count). The maximum Gasteiger partial charge on any atom is 0.224 e. The Balaban J connectivity index is 1.38. The monoisotopic (exact) mass is 414 g/mol. The number of carbonyl (C=O) groups excluding carboxylic acids is 1. The summed E-state index contributed by atoms with van der Waals surface area (Å²) < 4.78 is 0. The molecule has 0 atom stereocenters. The number of aromatic nitrogens is 2. The molecule has 3 heterocycles. The van der Waals surface area contributed by atoms with Crippen LogP contribution >= 0.6 is 0 Å². The van der Waals surface area contributed by atoms with Gasteiger partial charge in [-0.25, -0.2) is 4.98 Å². The van der Waals surface area contributed by atoms with Gasteiger partial charge in [0, 0.05) is 56.9 Å². The molecule has 1 aliphatic rings. The van der Waals surface area contributed by atoms with Crippen LogP contribution in [0.2, 0.25) is 0 Å². The average Bonchev–Trinajstić information content (AvgIpc) is 2.79. The Morgan fingerprint density at radius 2 is 1.97 bits per heavy atom. The van der Waals surface area contributed by atoms with E-state index in [0.717, 1.165) is 46.6 Å². The van der Waals surface area contributed by atoms with Gasteiger partial charge in [0.15, 0.2) is 0 Å². The van der Waals surface area contributed by atoms with Crippen LogP contribution in [0.25, 0.3) is 10.9 Å². The largest absolute Gasteiger partial charge is 0.383 e. The third-order valence-electron chi connectivity index (χ3n) is 5.67. The fourth-order valence-corrected chi connectivity index (χ4v) is 4.11. The quantitative estimate of drug-likeness (QED) is 0.690. The molecule has 0 aliphatic carbocycles. The van der Waals surface area contributed by atoms with Gasteiger partial charge in [-0.3, -0.25) is 9.78 Å². The number of pyridine rings is 2. The maximum absolute atomic E-state index is 12.7. The van der Waals surface area contributed by atoms with Crippen molar-refractivity contribution in [3.8, 4) is 6.07 Å². The zero-order valence-electron chi connectivity index (χ0n) is 17.9. The van der Waals surface area contributed by atoms with Crippen LogP contribution in [0.5, 0.6) is 0 Å². The first-order valence-corrected chi connectivity index (χ1v) is 10.5. The highest BCUT2D eigenvalue weighted by atomic mass is 16.2. The lowest BCUT2D eigenvalue weighted by Gasteiger charge is -2.35. The highest BCUT2D eigenvalue weighted by molar-refractivity contribution is 5.96. The predicted octanol–water partition coefficient (Wildman–Crippen LogP) is 3.27. The van der Waals surface area contributed by atoms with E-state index in [1.165, 1.54) is 0 Å². The molecular weight excluding hydrogens is 388 g/mol. The molecule has 1 saturated heterocycles. The number of hydrogen-bond acceptors (Lipinski definition) is 6. The molecule has 0 bridgehead atoms. The Morgan fingerprint density at radius 3 is 2.68 bits per heavy atom. The number of amides is 1. The third-order valence-corrected chi connectivity index (χ3v) is 5.67. The molecule has 31 heavy (non-hydrogen) atoms. The number of fused-ring (bicyclic) bond motifs is 1. The summed E-state index contributed by atoms with van der Waals surface area (Å²) in [5.41, 5.74) is 4.32. The minimum Gasteiger partial charge on any atom is -0.383 e. The average molecular weight is 415 g/mol. The lowest BCUT2D eigenvalue weighted by atomic mass is 10.0. The number of benzene rings is 1. The van der Waals surface area contributed by atoms with Crippen molar-refractivity contribution in [2.24, 2.45) is 0 Å². The zero-order valence-corrected chi connectivity index (χ0v) is 17.9. The molecule has 158 valence electrons. The second-order valence-corrected chi connectivity index (χ2v) is 7.87. The van der Waals surface area contributed by atoms with Gasteiger partial charge in [0.1, 0.15) is 11.9 Å². The molecule has 7 heteroatoms. The molecule has 0 saturated carbocycles. The molecule has 3 aromatic rings. The fraction of sp³-hybridized carbons (Fsp3) is 0.333. The van der Waals surface area contributed by atoms with Crippen molar-refractivity contribution < 1.29 is 4.79 Å². The second-order valence-electron chi connectivity index (χ2n) is 7.87. The molecule has 7 nitrogen and oxygen atoms in total. The minimum atomic E-state index is 0.123. The Kier molecular flexibility index (Phi) is 5.99. The normalized spacial score (nSPS) is 13.8. The van der Waals surface area contributed by atoms with Crippen LogP contribution in [-0.2, 0) is 4.79 Å². The summed E-state index contributed by atoms with van der Waals surface area (Å²) in [4.78, 5) is 25.7. The molecule has 0 unspecified atom stereocenters. The van der Waals surface area contributed by atoms with Gasteiger partial charge < -0.3 is 15.1 Å². The number of piperazine rings is 1. The first-order chi connectivity index (χ1) is 15.1. The molecule has 2 aromatic heterocycles. The van der Waals surface area contributed by atoms with Gasteiger partial charge in [0.05, 0.1) is 16.8 Å². The minimum absolute atomic E-state index is 0.123. The van der Waals surface area contributed by atoms with E-state index in [4.69, 9.17) is 0 Å². The summed E-state index contributed by atoms with van der Waals surface area (Å²) in [6.45, 7) is 7.46. The first-order valence-electron chi connectivity index (χ1n) is 10.5. The van der Waals surface area contributed by atoms with E-state index in [-0.39, 0.29) is 5.91 Å². The Morgan fingerprint density at radius 1 is 1.16 bits per heavy atom. The van der Waals surface area contributed by atoms with Crippen molar-refractivity contribution in [2.45, 2.75) is 20.3 Å². The van der Waals surface area contributed by atoms with Gasteiger partial charge in [-0.2, -0.15) is 5.26 Å². The summed E-state index contributed by atoms with van der Waals surface area (Å²) in [6.07, 6.45) is 3.77. The van der Waals surface area contributed by atoms with Gasteiger partial charge >= 0.3 is 0 Å². The molecule has 1 fully saturated rings. The number of hydrogen-bond donors (Lipinski definition) is 1. The van der Waals surface area contributed by atoms with Gasteiger partial charge in [-0.05, 0) is 37.6 Å². The fourth-order valence-electron chi connectivity index (χ4n) is 4.11. The van der Waals surface area contributed by atoms with Crippen LogP contribution in [0.3, 0.4) is 0 Å². The summed E-state index contributed by atoms with van der Waals surface area (Å²) in [5, 5.41) is 13.8. The highest BCUT2D eigenvalue weighted by Crippen LogP contribution is 2.28. The maximum atomic E-state index is 12.7. The molecule has 0 spiro atoms. The van der Waals surface area contributed by atoms with E-state index in [9.17, 15) is 10.1 Å². The van der Waals surface area contributed by atoms with Crippen molar-refractivity contribution >= 4 is 28.3 Å². The topological polar surface area (TPSA) is 85.1 Å². The third kappa shape index (κ3) is 4.43. The van der Waals surface area contributed by atoms with E-state index >= 15 is 0 Å². The van der Waals surface area contributed by atoms with Crippen molar-refractivity contribution in [3.05, 3.63) is 59.4 Å². The summed E-state index contributed by atoms with van der Waals surface area (Å²) in [7, 11) is 0. The SMILES string of the molecule is Cc1cc(C)c2ncc(C#N)c(NCCC(=O)N3CCN(c4ccccn4)CC3)c2c1. The van der Waals surface area contributed by atoms with Crippen molar-refractivity contribution in [1.29, 1.82) is 5.26 Å². The van der Waals surface area contributed by atoms with Gasteiger partial charge in [0.25, 0.3) is 0 Å². The standard InChI is InChI=1S/C24H26N6O/c1-17-13-18(2)23-20(14-17)24(19(15-25)16-28-23)27-8-6-22(31)30-11-9-29(10-12-30)21-5-3-4-7-26-21/h3-5,7,13-14,16H,6,8-12H2,1-2H3,(H,27,28). The van der Waals surface area contributed by atoms with E-state index < -0.39 is 0 Å². The molecule has 1 amide bonds. The number of aryl methyl sites for hydroxylation is 2. The first kappa shape index (κ1) is 20.6. The van der Waals surface area contributed by atoms with E-state index in [2.05, 4.69) is 32.3 Å². The van der Waals surface area contributed by atoms with Crippen LogP contribution in [0.1, 0.15) is 23.1 Å². The Hall–Kier alpha value is -3.66. The van der Waals surface area contributed by atoms with E-state index in [1.807, 2.05) is 43.0 Å². The molecule has 1 aromatic carbocycles. The van der Waals surface area contributed by atoms with Crippen LogP contribution in [0, 0.1) is 25.2 Å².